The largest absolute Gasteiger partial charge is 0.222 e. The topological polar surface area (TPSA) is 57.9 Å². The molecule has 0 radical (unpaired) electrons. The number of hydrogen-bond acceptors (Lipinski definition) is 3. The van der Waals surface area contributed by atoms with Crippen LogP contribution in [0.5, 0.6) is 0 Å². The predicted octanol–water partition coefficient (Wildman–Crippen LogP) is 2.54. The van der Waals surface area contributed by atoms with Crippen LogP contribution in [0.3, 0.4) is 0 Å². The molecule has 1 atom stereocenters. The SMILES string of the molecule is N#CC(C1CCCC1)S(=O)(=O)c1ccccc1. The maximum absolute atomic E-state index is 12.3. The van der Waals surface area contributed by atoms with Crippen molar-refractivity contribution < 1.29 is 8.42 Å². The van der Waals surface area contributed by atoms with Gasteiger partial charge in [0.1, 0.15) is 0 Å². The Morgan fingerprint density at radius 1 is 1.18 bits per heavy atom. The highest BCUT2D eigenvalue weighted by Crippen LogP contribution is 2.33. The fourth-order valence-electron chi connectivity index (χ4n) is 2.45. The Kier molecular flexibility index (Phi) is 3.49. The van der Waals surface area contributed by atoms with E-state index in [1.807, 2.05) is 6.07 Å². The van der Waals surface area contributed by atoms with Crippen molar-refractivity contribution in [3.05, 3.63) is 30.3 Å². The summed E-state index contributed by atoms with van der Waals surface area (Å²) in [6.07, 6.45) is 3.77. The number of hydrogen-bond donors (Lipinski definition) is 0. The van der Waals surface area contributed by atoms with E-state index in [9.17, 15) is 8.42 Å². The first-order chi connectivity index (χ1) is 8.16. The highest BCUT2D eigenvalue weighted by Gasteiger charge is 2.36. The summed E-state index contributed by atoms with van der Waals surface area (Å²) in [5.41, 5.74) is 0. The van der Waals surface area contributed by atoms with E-state index >= 15 is 0 Å². The van der Waals surface area contributed by atoms with Crippen LogP contribution >= 0.6 is 0 Å². The zero-order valence-corrected chi connectivity index (χ0v) is 10.4. The molecule has 1 saturated carbocycles. The molecule has 4 heteroatoms. The zero-order chi connectivity index (χ0) is 12.3. The van der Waals surface area contributed by atoms with Crippen LogP contribution in [0.25, 0.3) is 0 Å². The molecular formula is C13H15NO2S. The zero-order valence-electron chi connectivity index (χ0n) is 9.54. The first-order valence-electron chi connectivity index (χ1n) is 5.85. The summed E-state index contributed by atoms with van der Waals surface area (Å²) in [6, 6.07) is 10.3. The molecule has 1 unspecified atom stereocenters. The van der Waals surface area contributed by atoms with Gasteiger partial charge >= 0.3 is 0 Å². The summed E-state index contributed by atoms with van der Waals surface area (Å²) in [5, 5.41) is 8.27. The number of benzene rings is 1. The Morgan fingerprint density at radius 3 is 2.29 bits per heavy atom. The Bertz CT molecular complexity index is 510. The lowest BCUT2D eigenvalue weighted by Crippen LogP contribution is -2.27. The summed E-state index contributed by atoms with van der Waals surface area (Å²) in [7, 11) is -3.50. The minimum Gasteiger partial charge on any atom is -0.222 e. The second kappa shape index (κ2) is 4.89. The van der Waals surface area contributed by atoms with Gasteiger partial charge in [-0.05, 0) is 30.9 Å². The van der Waals surface area contributed by atoms with Crippen LogP contribution in [-0.4, -0.2) is 13.7 Å². The van der Waals surface area contributed by atoms with E-state index < -0.39 is 15.1 Å². The van der Waals surface area contributed by atoms with E-state index in [1.54, 1.807) is 30.3 Å². The molecule has 0 heterocycles. The third kappa shape index (κ3) is 2.34. The molecule has 0 N–H and O–H groups in total. The molecule has 90 valence electrons. The Hall–Kier alpha value is -1.34. The molecule has 1 aliphatic carbocycles. The van der Waals surface area contributed by atoms with Gasteiger partial charge in [0.25, 0.3) is 0 Å². The van der Waals surface area contributed by atoms with Gasteiger partial charge in [-0.1, -0.05) is 31.0 Å². The molecular weight excluding hydrogens is 234 g/mol. The molecule has 1 aromatic carbocycles. The van der Waals surface area contributed by atoms with E-state index in [2.05, 4.69) is 0 Å². The Morgan fingerprint density at radius 2 is 1.76 bits per heavy atom. The first-order valence-corrected chi connectivity index (χ1v) is 7.39. The van der Waals surface area contributed by atoms with Crippen LogP contribution in [0.1, 0.15) is 25.7 Å². The maximum atomic E-state index is 12.3. The van der Waals surface area contributed by atoms with Crippen molar-refractivity contribution in [2.45, 2.75) is 35.8 Å². The van der Waals surface area contributed by atoms with Crippen molar-refractivity contribution >= 4 is 9.84 Å². The molecule has 3 nitrogen and oxygen atoms in total. The molecule has 1 aliphatic rings. The number of rotatable bonds is 3. The summed E-state index contributed by atoms with van der Waals surface area (Å²) in [4.78, 5) is 0.262. The third-order valence-corrected chi connectivity index (χ3v) is 5.45. The standard InChI is InChI=1S/C13H15NO2S/c14-10-13(11-6-4-5-7-11)17(15,16)12-8-2-1-3-9-12/h1-3,8-9,11,13H,4-7H2. The highest BCUT2D eigenvalue weighted by molar-refractivity contribution is 7.92. The van der Waals surface area contributed by atoms with Gasteiger partial charge in [-0.2, -0.15) is 5.26 Å². The smallest absolute Gasteiger partial charge is 0.194 e. The number of nitriles is 1. The lowest BCUT2D eigenvalue weighted by molar-refractivity contribution is 0.525. The Balaban J connectivity index is 2.34. The summed E-state index contributed by atoms with van der Waals surface area (Å²) in [5.74, 6) is 0.00482. The molecule has 1 aromatic rings. The van der Waals surface area contributed by atoms with Gasteiger partial charge in [-0.25, -0.2) is 8.42 Å². The van der Waals surface area contributed by atoms with Crippen molar-refractivity contribution in [2.24, 2.45) is 5.92 Å². The Labute approximate surface area is 102 Å². The molecule has 0 amide bonds. The van der Waals surface area contributed by atoms with Crippen LogP contribution in [0.4, 0.5) is 0 Å². The lowest BCUT2D eigenvalue weighted by atomic mass is 10.1. The van der Waals surface area contributed by atoms with Crippen LogP contribution in [0.2, 0.25) is 0 Å². The van der Waals surface area contributed by atoms with Gasteiger partial charge in [0.05, 0.1) is 11.0 Å². The van der Waals surface area contributed by atoms with Gasteiger partial charge in [-0.15, -0.1) is 0 Å². The second-order valence-corrected chi connectivity index (χ2v) is 6.52. The molecule has 0 bridgehead atoms. The van der Waals surface area contributed by atoms with Gasteiger partial charge in [0.2, 0.25) is 0 Å². The monoisotopic (exact) mass is 249 g/mol. The van der Waals surface area contributed by atoms with Crippen molar-refractivity contribution in [1.29, 1.82) is 5.26 Å². The quantitative estimate of drug-likeness (QED) is 0.827. The molecule has 0 spiro atoms. The number of nitrogens with zero attached hydrogens (tertiary/aromatic N) is 1. The fraction of sp³-hybridized carbons (Fsp3) is 0.462. The van der Waals surface area contributed by atoms with Gasteiger partial charge in [0.15, 0.2) is 15.1 Å². The van der Waals surface area contributed by atoms with Crippen LogP contribution in [0.15, 0.2) is 35.2 Å². The molecule has 2 rings (SSSR count). The second-order valence-electron chi connectivity index (χ2n) is 4.45. The first kappa shape index (κ1) is 12.1. The van der Waals surface area contributed by atoms with E-state index in [0.29, 0.717) is 0 Å². The van der Waals surface area contributed by atoms with Gasteiger partial charge in [0, 0.05) is 0 Å². The van der Waals surface area contributed by atoms with E-state index in [0.717, 1.165) is 25.7 Å². The van der Waals surface area contributed by atoms with Gasteiger partial charge < -0.3 is 0 Å². The highest BCUT2D eigenvalue weighted by atomic mass is 32.2. The maximum Gasteiger partial charge on any atom is 0.194 e. The molecule has 0 saturated heterocycles. The fourth-order valence-corrected chi connectivity index (χ4v) is 4.19. The molecule has 0 aliphatic heterocycles. The van der Waals surface area contributed by atoms with E-state index in [4.69, 9.17) is 5.26 Å². The van der Waals surface area contributed by atoms with Crippen molar-refractivity contribution in [2.75, 3.05) is 0 Å². The summed E-state index contributed by atoms with van der Waals surface area (Å²) < 4.78 is 24.7. The minimum absolute atomic E-state index is 0.00482. The van der Waals surface area contributed by atoms with Crippen LogP contribution < -0.4 is 0 Å². The average molecular weight is 249 g/mol. The number of sulfone groups is 1. The average Bonchev–Trinajstić information content (AvgIpc) is 2.84. The van der Waals surface area contributed by atoms with Crippen molar-refractivity contribution in [3.8, 4) is 6.07 Å². The van der Waals surface area contributed by atoms with Crippen molar-refractivity contribution in [3.63, 3.8) is 0 Å². The van der Waals surface area contributed by atoms with Gasteiger partial charge in [-0.3, -0.25) is 0 Å². The predicted molar refractivity (Wildman–Crippen MR) is 65.0 cm³/mol. The molecule has 17 heavy (non-hydrogen) atoms. The lowest BCUT2D eigenvalue weighted by Gasteiger charge is -2.16. The van der Waals surface area contributed by atoms with E-state index in [-0.39, 0.29) is 10.8 Å². The summed E-state index contributed by atoms with van der Waals surface area (Å²) in [6.45, 7) is 0. The van der Waals surface area contributed by atoms with E-state index in [1.165, 1.54) is 0 Å². The molecule has 0 aromatic heterocycles. The normalized spacial score (nSPS) is 18.8. The molecule has 1 fully saturated rings. The summed E-state index contributed by atoms with van der Waals surface area (Å²) >= 11 is 0. The minimum atomic E-state index is -3.50. The third-order valence-electron chi connectivity index (χ3n) is 3.36. The van der Waals surface area contributed by atoms with Crippen LogP contribution in [0, 0.1) is 17.2 Å². The van der Waals surface area contributed by atoms with Crippen LogP contribution in [-0.2, 0) is 9.84 Å². The van der Waals surface area contributed by atoms with Crippen molar-refractivity contribution in [1.82, 2.24) is 0 Å².